The number of aromatic nitrogens is 2. The van der Waals surface area contributed by atoms with E-state index in [2.05, 4.69) is 32.8 Å². The summed E-state index contributed by atoms with van der Waals surface area (Å²) in [6.07, 6.45) is 6.35. The lowest BCUT2D eigenvalue weighted by molar-refractivity contribution is -0.122. The zero-order valence-electron chi connectivity index (χ0n) is 18.1. The number of carbonyl (C=O) groups excluding carboxylic acids is 2. The van der Waals surface area contributed by atoms with Crippen molar-refractivity contribution in [3.8, 4) is 0 Å². The molecule has 31 heavy (non-hydrogen) atoms. The molecule has 2 saturated heterocycles. The molecule has 2 aliphatic rings. The zero-order chi connectivity index (χ0) is 21.8. The predicted octanol–water partition coefficient (Wildman–Crippen LogP) is 3.21. The number of benzene rings is 1. The molecular formula is C22H31N5O2S2. The van der Waals surface area contributed by atoms with E-state index in [1.807, 2.05) is 37.0 Å². The van der Waals surface area contributed by atoms with Crippen LogP contribution in [-0.2, 0) is 11.8 Å². The summed E-state index contributed by atoms with van der Waals surface area (Å²) >= 11 is 3.71. The highest BCUT2D eigenvalue weighted by Gasteiger charge is 2.42. The van der Waals surface area contributed by atoms with Crippen LogP contribution in [0, 0.1) is 0 Å². The molecule has 3 heterocycles. The molecular weight excluding hydrogens is 430 g/mol. The summed E-state index contributed by atoms with van der Waals surface area (Å²) in [6, 6.07) is 8.46. The van der Waals surface area contributed by atoms with Crippen LogP contribution in [0.2, 0.25) is 0 Å². The number of thioether (sulfide) groups is 2. The minimum absolute atomic E-state index is 0.0436. The minimum Gasteiger partial charge on any atom is -0.346 e. The molecule has 0 saturated carbocycles. The van der Waals surface area contributed by atoms with Gasteiger partial charge in [-0.25, -0.2) is 9.78 Å². The second kappa shape index (κ2) is 10.2. The molecule has 9 heteroatoms. The Bertz CT molecular complexity index is 934. The quantitative estimate of drug-likeness (QED) is 0.374. The first-order chi connectivity index (χ1) is 15.1. The van der Waals surface area contributed by atoms with Crippen LogP contribution in [0.25, 0.3) is 11.0 Å². The summed E-state index contributed by atoms with van der Waals surface area (Å²) < 4.78 is 2.10. The standard InChI is InChI=1S/C22H31N5O2S2/c1-27-17-8-4-3-7-14(17)24-21(27)15(11-12-30-2)23-19(28)10-6-5-9-18-20-16(13-31-18)25-22(29)26-20/h3-4,7-8,15-16,18,20H,5-6,9-13H2,1-2H3,(H,23,28)(H2,25,26,29)/t15-,16-,18-,20-/m0/s1. The summed E-state index contributed by atoms with van der Waals surface area (Å²) in [6.45, 7) is 0. The van der Waals surface area contributed by atoms with Crippen molar-refractivity contribution >= 4 is 46.5 Å². The van der Waals surface area contributed by atoms with Gasteiger partial charge in [-0.1, -0.05) is 18.6 Å². The first-order valence-electron chi connectivity index (χ1n) is 10.9. The average Bonchev–Trinajstić information content (AvgIpc) is 3.41. The molecule has 0 bridgehead atoms. The number of fused-ring (bicyclic) bond motifs is 2. The molecule has 4 rings (SSSR count). The number of nitrogens with one attached hydrogen (secondary N) is 3. The number of para-hydroxylation sites is 2. The molecule has 2 aliphatic heterocycles. The second-order valence-corrected chi connectivity index (χ2v) is 10.5. The Morgan fingerprint density at radius 3 is 3.00 bits per heavy atom. The van der Waals surface area contributed by atoms with Gasteiger partial charge >= 0.3 is 6.03 Å². The number of rotatable bonds is 10. The molecule has 1 aromatic heterocycles. The summed E-state index contributed by atoms with van der Waals surface area (Å²) in [5.41, 5.74) is 2.05. The van der Waals surface area contributed by atoms with Crippen molar-refractivity contribution < 1.29 is 9.59 Å². The highest BCUT2D eigenvalue weighted by molar-refractivity contribution is 8.00. The summed E-state index contributed by atoms with van der Waals surface area (Å²) in [4.78, 5) is 29.0. The molecule has 0 spiro atoms. The smallest absolute Gasteiger partial charge is 0.315 e. The van der Waals surface area contributed by atoms with Gasteiger partial charge in [-0.15, -0.1) is 0 Å². The van der Waals surface area contributed by atoms with Crippen molar-refractivity contribution in [2.75, 3.05) is 17.8 Å². The lowest BCUT2D eigenvalue weighted by atomic mass is 10.0. The Hall–Kier alpha value is -1.87. The van der Waals surface area contributed by atoms with Crippen molar-refractivity contribution in [2.24, 2.45) is 7.05 Å². The van der Waals surface area contributed by atoms with E-state index >= 15 is 0 Å². The molecule has 1 aromatic carbocycles. The lowest BCUT2D eigenvalue weighted by Crippen LogP contribution is -2.36. The van der Waals surface area contributed by atoms with E-state index in [0.29, 0.717) is 11.7 Å². The maximum absolute atomic E-state index is 12.7. The monoisotopic (exact) mass is 461 g/mol. The van der Waals surface area contributed by atoms with Crippen LogP contribution in [0.1, 0.15) is 44.0 Å². The number of hydrogen-bond donors (Lipinski definition) is 3. The molecule has 4 atom stereocenters. The van der Waals surface area contributed by atoms with Gasteiger partial charge in [0.25, 0.3) is 0 Å². The highest BCUT2D eigenvalue weighted by atomic mass is 32.2. The van der Waals surface area contributed by atoms with Crippen LogP contribution in [0.3, 0.4) is 0 Å². The third-order valence-electron chi connectivity index (χ3n) is 6.16. The van der Waals surface area contributed by atoms with Crippen LogP contribution >= 0.6 is 23.5 Å². The third kappa shape index (κ3) is 5.14. The lowest BCUT2D eigenvalue weighted by Gasteiger charge is -2.19. The van der Waals surface area contributed by atoms with Crippen LogP contribution in [-0.4, -0.2) is 56.6 Å². The number of aryl methyl sites for hydroxylation is 1. The van der Waals surface area contributed by atoms with E-state index in [1.54, 1.807) is 11.8 Å². The van der Waals surface area contributed by atoms with Crippen molar-refractivity contribution in [3.63, 3.8) is 0 Å². The van der Waals surface area contributed by atoms with Gasteiger partial charge in [0.05, 0.1) is 29.2 Å². The van der Waals surface area contributed by atoms with Gasteiger partial charge in [-0.2, -0.15) is 23.5 Å². The number of urea groups is 1. The maximum Gasteiger partial charge on any atom is 0.315 e. The van der Waals surface area contributed by atoms with Gasteiger partial charge in [-0.05, 0) is 43.4 Å². The summed E-state index contributed by atoms with van der Waals surface area (Å²) in [5, 5.41) is 9.69. The van der Waals surface area contributed by atoms with E-state index in [1.165, 1.54) is 0 Å². The topological polar surface area (TPSA) is 88.1 Å². The van der Waals surface area contributed by atoms with Crippen LogP contribution in [0.15, 0.2) is 24.3 Å². The third-order valence-corrected chi connectivity index (χ3v) is 8.31. The number of hydrogen-bond acceptors (Lipinski definition) is 5. The van der Waals surface area contributed by atoms with E-state index in [9.17, 15) is 9.59 Å². The molecule has 0 radical (unpaired) electrons. The predicted molar refractivity (Wildman–Crippen MR) is 129 cm³/mol. The van der Waals surface area contributed by atoms with Crippen molar-refractivity contribution in [1.29, 1.82) is 0 Å². The van der Waals surface area contributed by atoms with Crippen LogP contribution in [0.5, 0.6) is 0 Å². The van der Waals surface area contributed by atoms with E-state index in [0.717, 1.165) is 54.0 Å². The minimum atomic E-state index is -0.0803. The number of nitrogens with zero attached hydrogens (tertiary/aromatic N) is 2. The molecule has 0 unspecified atom stereocenters. The number of amides is 3. The molecule has 0 aliphatic carbocycles. The van der Waals surface area contributed by atoms with E-state index in [-0.39, 0.29) is 30.1 Å². The summed E-state index contributed by atoms with van der Waals surface area (Å²) in [7, 11) is 2.02. The van der Waals surface area contributed by atoms with Gasteiger partial charge in [0.15, 0.2) is 0 Å². The number of carbonyl (C=O) groups is 2. The van der Waals surface area contributed by atoms with E-state index in [4.69, 9.17) is 4.98 Å². The fourth-order valence-electron chi connectivity index (χ4n) is 4.52. The maximum atomic E-state index is 12.7. The van der Waals surface area contributed by atoms with Crippen LogP contribution in [0.4, 0.5) is 4.79 Å². The average molecular weight is 462 g/mol. The highest BCUT2D eigenvalue weighted by Crippen LogP contribution is 2.33. The van der Waals surface area contributed by atoms with Crippen molar-refractivity contribution in [3.05, 3.63) is 30.1 Å². The van der Waals surface area contributed by atoms with Gasteiger partial charge in [0.2, 0.25) is 5.91 Å². The van der Waals surface area contributed by atoms with Gasteiger partial charge in [0.1, 0.15) is 5.82 Å². The molecule has 2 fully saturated rings. The fraction of sp³-hybridized carbons (Fsp3) is 0.591. The molecule has 7 nitrogen and oxygen atoms in total. The molecule has 3 amide bonds. The first kappa shape index (κ1) is 22.3. The fourth-order valence-corrected chi connectivity index (χ4v) is 6.53. The SMILES string of the molecule is CSCC[C@H](NC(=O)CCCC[C@@H]1SC[C@@H]2NC(=O)N[C@@H]21)c1nc2ccccc2n1C. The largest absolute Gasteiger partial charge is 0.346 e. The zero-order valence-corrected chi connectivity index (χ0v) is 19.7. The Labute approximate surface area is 191 Å². The Balaban J connectivity index is 1.28. The Morgan fingerprint density at radius 2 is 2.19 bits per heavy atom. The van der Waals surface area contributed by atoms with Gasteiger partial charge < -0.3 is 20.5 Å². The Kier molecular flexibility index (Phi) is 7.32. The Morgan fingerprint density at radius 1 is 1.35 bits per heavy atom. The van der Waals surface area contributed by atoms with Crippen molar-refractivity contribution in [2.45, 2.75) is 55.5 Å². The van der Waals surface area contributed by atoms with Crippen LogP contribution < -0.4 is 16.0 Å². The number of imidazole rings is 1. The second-order valence-electron chi connectivity index (χ2n) is 8.29. The van der Waals surface area contributed by atoms with Gasteiger partial charge in [-0.3, -0.25) is 4.79 Å². The normalized spacial score (nSPS) is 23.4. The molecule has 168 valence electrons. The van der Waals surface area contributed by atoms with E-state index < -0.39 is 0 Å². The summed E-state index contributed by atoms with van der Waals surface area (Å²) in [5.74, 6) is 2.95. The molecule has 3 N–H and O–H groups in total. The number of unbranched alkanes of at least 4 members (excludes halogenated alkanes) is 1. The van der Waals surface area contributed by atoms with Crippen molar-refractivity contribution in [1.82, 2.24) is 25.5 Å². The van der Waals surface area contributed by atoms with Gasteiger partial charge in [0, 0.05) is 24.5 Å². The molecule has 2 aromatic rings. The first-order valence-corrected chi connectivity index (χ1v) is 13.4.